The zero-order chi connectivity index (χ0) is 17.2. The summed E-state index contributed by atoms with van der Waals surface area (Å²) in [6.07, 6.45) is 5.74. The predicted molar refractivity (Wildman–Crippen MR) is 103 cm³/mol. The molecule has 1 aliphatic rings. The lowest BCUT2D eigenvalue weighted by atomic mass is 9.84. The van der Waals surface area contributed by atoms with Crippen molar-refractivity contribution in [2.24, 2.45) is 11.7 Å². The van der Waals surface area contributed by atoms with Crippen LogP contribution in [0.15, 0.2) is 24.3 Å². The molecule has 0 aromatic heterocycles. The molecule has 25 heavy (non-hydrogen) atoms. The molecule has 1 saturated carbocycles. The van der Waals surface area contributed by atoms with Crippen molar-refractivity contribution in [3.8, 4) is 11.5 Å². The van der Waals surface area contributed by atoms with Crippen molar-refractivity contribution in [3.63, 3.8) is 0 Å². The van der Waals surface area contributed by atoms with Crippen molar-refractivity contribution >= 4 is 18.3 Å². The van der Waals surface area contributed by atoms with Gasteiger partial charge >= 0.3 is 0 Å². The van der Waals surface area contributed by atoms with Gasteiger partial charge in [-0.05, 0) is 50.8 Å². The number of hydrogen-bond donors (Lipinski definition) is 2. The second-order valence-corrected chi connectivity index (χ2v) is 6.29. The summed E-state index contributed by atoms with van der Waals surface area (Å²) >= 11 is 0. The summed E-state index contributed by atoms with van der Waals surface area (Å²) in [5.74, 6) is 2.01. The van der Waals surface area contributed by atoms with Gasteiger partial charge in [0.15, 0.2) is 11.5 Å². The molecule has 3 N–H and O–H groups in total. The maximum Gasteiger partial charge on any atom is 0.220 e. The molecule has 142 valence electrons. The molecule has 1 fully saturated rings. The standard InChI is InChI=1S/C19H30N2O3.ClH/c1-2-23-17-10-5-6-11-18(17)24-13-7-12-19(22)21-16-9-4-3-8-15(16)14-20;/h5-6,10-11,15-16H,2-4,7-9,12-14,20H2,1H3,(H,21,22);1H. The Labute approximate surface area is 157 Å². The van der Waals surface area contributed by atoms with Gasteiger partial charge in [0.2, 0.25) is 5.91 Å². The van der Waals surface area contributed by atoms with Crippen LogP contribution in [0, 0.1) is 5.92 Å². The van der Waals surface area contributed by atoms with Gasteiger partial charge in [-0.25, -0.2) is 0 Å². The van der Waals surface area contributed by atoms with Crippen LogP contribution >= 0.6 is 12.4 Å². The van der Waals surface area contributed by atoms with E-state index in [-0.39, 0.29) is 24.4 Å². The first kappa shape index (κ1) is 21.6. The van der Waals surface area contributed by atoms with Crippen LogP contribution in [0.4, 0.5) is 0 Å². The van der Waals surface area contributed by atoms with E-state index < -0.39 is 0 Å². The molecule has 1 amide bonds. The molecule has 0 heterocycles. The summed E-state index contributed by atoms with van der Waals surface area (Å²) in [6.45, 7) is 3.71. The third kappa shape index (κ3) is 7.12. The van der Waals surface area contributed by atoms with Crippen LogP contribution in [0.5, 0.6) is 11.5 Å². The van der Waals surface area contributed by atoms with E-state index in [2.05, 4.69) is 5.32 Å². The predicted octanol–water partition coefficient (Wildman–Crippen LogP) is 3.30. The Hall–Kier alpha value is -1.46. The highest BCUT2D eigenvalue weighted by Crippen LogP contribution is 2.26. The van der Waals surface area contributed by atoms with Gasteiger partial charge in [0.25, 0.3) is 0 Å². The maximum absolute atomic E-state index is 12.1. The number of carbonyl (C=O) groups excluding carboxylic acids is 1. The maximum atomic E-state index is 12.1. The van der Waals surface area contributed by atoms with Gasteiger partial charge in [0.05, 0.1) is 13.2 Å². The van der Waals surface area contributed by atoms with E-state index in [0.717, 1.165) is 24.3 Å². The third-order valence-electron chi connectivity index (χ3n) is 4.51. The number of hydrogen-bond acceptors (Lipinski definition) is 4. The molecule has 5 nitrogen and oxygen atoms in total. The molecular formula is C19H31ClN2O3. The van der Waals surface area contributed by atoms with E-state index in [1.165, 1.54) is 12.8 Å². The molecule has 6 heteroatoms. The number of amides is 1. The first-order chi connectivity index (χ1) is 11.7. The lowest BCUT2D eigenvalue weighted by Gasteiger charge is -2.31. The van der Waals surface area contributed by atoms with Gasteiger partial charge in [-0.2, -0.15) is 0 Å². The molecular weight excluding hydrogens is 340 g/mol. The van der Waals surface area contributed by atoms with Crippen LogP contribution in [0.3, 0.4) is 0 Å². The van der Waals surface area contributed by atoms with Gasteiger partial charge in [-0.15, -0.1) is 12.4 Å². The Bertz CT molecular complexity index is 513. The number of benzene rings is 1. The van der Waals surface area contributed by atoms with E-state index >= 15 is 0 Å². The quantitative estimate of drug-likeness (QED) is 0.654. The Balaban J connectivity index is 0.00000312. The highest BCUT2D eigenvalue weighted by Gasteiger charge is 2.24. The van der Waals surface area contributed by atoms with E-state index in [1.54, 1.807) is 0 Å². The summed E-state index contributed by atoms with van der Waals surface area (Å²) in [5, 5.41) is 3.15. The van der Waals surface area contributed by atoms with Gasteiger partial charge in [-0.3, -0.25) is 4.79 Å². The van der Waals surface area contributed by atoms with Crippen LogP contribution in [0.25, 0.3) is 0 Å². The molecule has 0 aliphatic heterocycles. The van der Waals surface area contributed by atoms with Crippen molar-refractivity contribution in [1.29, 1.82) is 0 Å². The number of rotatable bonds is 9. The second-order valence-electron chi connectivity index (χ2n) is 6.29. The molecule has 2 unspecified atom stereocenters. The number of carbonyl (C=O) groups is 1. The fraction of sp³-hybridized carbons (Fsp3) is 0.632. The minimum atomic E-state index is 0. The molecule has 0 radical (unpaired) electrons. The first-order valence-corrected chi connectivity index (χ1v) is 9.08. The van der Waals surface area contributed by atoms with Crippen LogP contribution in [0.2, 0.25) is 0 Å². The average Bonchev–Trinajstić information content (AvgIpc) is 2.61. The lowest BCUT2D eigenvalue weighted by Crippen LogP contribution is -2.44. The van der Waals surface area contributed by atoms with Crippen LogP contribution in [0.1, 0.15) is 45.4 Å². The Morgan fingerprint density at radius 3 is 2.56 bits per heavy atom. The van der Waals surface area contributed by atoms with Crippen molar-refractivity contribution in [2.75, 3.05) is 19.8 Å². The lowest BCUT2D eigenvalue weighted by molar-refractivity contribution is -0.122. The van der Waals surface area contributed by atoms with Crippen LogP contribution in [-0.2, 0) is 4.79 Å². The molecule has 2 atom stereocenters. The van der Waals surface area contributed by atoms with E-state index in [0.29, 0.717) is 38.5 Å². The van der Waals surface area contributed by atoms with Gasteiger partial charge in [0.1, 0.15) is 0 Å². The Kier molecular flexibility index (Phi) is 10.3. The van der Waals surface area contributed by atoms with Crippen molar-refractivity contribution in [2.45, 2.75) is 51.5 Å². The summed E-state index contributed by atoms with van der Waals surface area (Å²) < 4.78 is 11.3. The minimum Gasteiger partial charge on any atom is -0.490 e. The van der Waals surface area contributed by atoms with E-state index in [1.807, 2.05) is 31.2 Å². The fourth-order valence-corrected chi connectivity index (χ4v) is 3.22. The molecule has 0 bridgehead atoms. The van der Waals surface area contributed by atoms with Crippen molar-refractivity contribution < 1.29 is 14.3 Å². The van der Waals surface area contributed by atoms with Crippen LogP contribution < -0.4 is 20.5 Å². The Morgan fingerprint density at radius 2 is 1.88 bits per heavy atom. The fourth-order valence-electron chi connectivity index (χ4n) is 3.22. The molecule has 1 aromatic carbocycles. The minimum absolute atomic E-state index is 0. The number of nitrogens with two attached hydrogens (primary N) is 1. The Morgan fingerprint density at radius 1 is 1.20 bits per heavy atom. The monoisotopic (exact) mass is 370 g/mol. The average molecular weight is 371 g/mol. The van der Waals surface area contributed by atoms with E-state index in [9.17, 15) is 4.79 Å². The number of halogens is 1. The normalized spacial score (nSPS) is 19.6. The topological polar surface area (TPSA) is 73.6 Å². The highest BCUT2D eigenvalue weighted by atomic mass is 35.5. The summed E-state index contributed by atoms with van der Waals surface area (Å²) in [7, 11) is 0. The van der Waals surface area contributed by atoms with Crippen molar-refractivity contribution in [3.05, 3.63) is 24.3 Å². The molecule has 1 aliphatic carbocycles. The molecule has 2 rings (SSSR count). The second kappa shape index (κ2) is 12.0. The number of nitrogens with one attached hydrogen (secondary N) is 1. The molecule has 0 spiro atoms. The zero-order valence-corrected chi connectivity index (χ0v) is 15.9. The molecule has 0 saturated heterocycles. The SMILES string of the molecule is CCOc1ccccc1OCCCC(=O)NC1CCCCC1CN.Cl. The van der Waals surface area contributed by atoms with Crippen LogP contribution in [-0.4, -0.2) is 31.7 Å². The van der Waals surface area contributed by atoms with Gasteiger partial charge < -0.3 is 20.5 Å². The van der Waals surface area contributed by atoms with Gasteiger partial charge in [0, 0.05) is 12.5 Å². The van der Waals surface area contributed by atoms with Crippen molar-refractivity contribution in [1.82, 2.24) is 5.32 Å². The smallest absolute Gasteiger partial charge is 0.220 e. The summed E-state index contributed by atoms with van der Waals surface area (Å²) in [4.78, 5) is 12.1. The van der Waals surface area contributed by atoms with E-state index in [4.69, 9.17) is 15.2 Å². The largest absolute Gasteiger partial charge is 0.490 e. The third-order valence-corrected chi connectivity index (χ3v) is 4.51. The highest BCUT2D eigenvalue weighted by molar-refractivity contribution is 5.85. The number of para-hydroxylation sites is 2. The summed E-state index contributed by atoms with van der Waals surface area (Å²) in [5.41, 5.74) is 5.81. The summed E-state index contributed by atoms with van der Waals surface area (Å²) in [6, 6.07) is 7.86. The molecule has 1 aromatic rings. The number of ether oxygens (including phenoxy) is 2. The van der Waals surface area contributed by atoms with Gasteiger partial charge in [-0.1, -0.05) is 25.0 Å². The first-order valence-electron chi connectivity index (χ1n) is 9.08. The zero-order valence-electron chi connectivity index (χ0n) is 15.0.